The van der Waals surface area contributed by atoms with E-state index in [4.69, 9.17) is 0 Å². The molecule has 0 atom stereocenters. The second-order valence-corrected chi connectivity index (χ2v) is 6.96. The van der Waals surface area contributed by atoms with Crippen molar-refractivity contribution in [3.63, 3.8) is 0 Å². The van der Waals surface area contributed by atoms with Crippen molar-refractivity contribution in [2.75, 3.05) is 5.32 Å². The van der Waals surface area contributed by atoms with Crippen LogP contribution in [0.25, 0.3) is 11.4 Å². The first kappa shape index (κ1) is 18.1. The van der Waals surface area contributed by atoms with Crippen molar-refractivity contribution in [2.24, 2.45) is 0 Å². The van der Waals surface area contributed by atoms with Crippen LogP contribution in [0.1, 0.15) is 41.9 Å². The molecule has 28 heavy (non-hydrogen) atoms. The van der Waals surface area contributed by atoms with Gasteiger partial charge in [0, 0.05) is 23.9 Å². The number of hydrogen-bond acceptors (Lipinski definition) is 5. The van der Waals surface area contributed by atoms with E-state index in [1.807, 2.05) is 48.5 Å². The van der Waals surface area contributed by atoms with Gasteiger partial charge >= 0.3 is 0 Å². The Hall–Kier alpha value is -3.28. The van der Waals surface area contributed by atoms with Gasteiger partial charge in [-0.2, -0.15) is 0 Å². The Labute approximate surface area is 164 Å². The summed E-state index contributed by atoms with van der Waals surface area (Å²) in [5, 5.41) is 6.37. The fourth-order valence-corrected chi connectivity index (χ4v) is 3.40. The smallest absolute Gasteiger partial charge is 0.270 e. The van der Waals surface area contributed by atoms with Crippen LogP contribution in [-0.4, -0.2) is 26.9 Å². The van der Waals surface area contributed by atoms with Gasteiger partial charge in [-0.15, -0.1) is 0 Å². The van der Waals surface area contributed by atoms with Crippen molar-refractivity contribution >= 4 is 11.7 Å². The molecular weight excluding hydrogens is 350 g/mol. The average Bonchev–Trinajstić information content (AvgIpc) is 3.26. The first-order valence-electron chi connectivity index (χ1n) is 9.67. The molecule has 6 nitrogen and oxygen atoms in total. The van der Waals surface area contributed by atoms with Crippen LogP contribution in [-0.2, 0) is 6.54 Å². The molecule has 6 heteroatoms. The standard InChI is InChI=1S/C22H23N5O/c28-22(24-15-18-12-6-7-13-23-18)19-14-20(25-17-10-4-5-11-17)27-21(26-19)16-8-2-1-3-9-16/h1-3,6-9,12-14,17H,4-5,10-11,15H2,(H,24,28)(H,25,26,27). The molecule has 1 amide bonds. The molecule has 0 unspecified atom stereocenters. The highest BCUT2D eigenvalue weighted by Gasteiger charge is 2.18. The summed E-state index contributed by atoms with van der Waals surface area (Å²) in [5.74, 6) is 1.01. The Morgan fingerprint density at radius 3 is 2.54 bits per heavy atom. The molecule has 1 aromatic carbocycles. The molecule has 2 N–H and O–H groups in total. The Balaban J connectivity index is 1.58. The molecule has 0 radical (unpaired) electrons. The quantitative estimate of drug-likeness (QED) is 0.687. The molecule has 142 valence electrons. The van der Waals surface area contributed by atoms with Gasteiger partial charge < -0.3 is 10.6 Å². The zero-order chi connectivity index (χ0) is 19.2. The number of nitrogens with zero attached hydrogens (tertiary/aromatic N) is 3. The predicted molar refractivity (Wildman–Crippen MR) is 109 cm³/mol. The molecule has 0 aliphatic heterocycles. The average molecular weight is 373 g/mol. The van der Waals surface area contributed by atoms with Crippen molar-refractivity contribution in [3.8, 4) is 11.4 Å². The van der Waals surface area contributed by atoms with Gasteiger partial charge in [-0.1, -0.05) is 49.2 Å². The van der Waals surface area contributed by atoms with Crippen LogP contribution < -0.4 is 10.6 Å². The lowest BCUT2D eigenvalue weighted by atomic mass is 10.2. The molecule has 0 bridgehead atoms. The van der Waals surface area contributed by atoms with Crippen molar-refractivity contribution in [1.29, 1.82) is 0 Å². The van der Waals surface area contributed by atoms with Gasteiger partial charge in [0.25, 0.3) is 5.91 Å². The maximum absolute atomic E-state index is 12.7. The summed E-state index contributed by atoms with van der Waals surface area (Å²) in [6, 6.07) is 17.5. The number of benzene rings is 1. The molecule has 0 saturated heterocycles. The van der Waals surface area contributed by atoms with Crippen LogP contribution in [0.4, 0.5) is 5.82 Å². The molecule has 1 fully saturated rings. The predicted octanol–water partition coefficient (Wildman–Crippen LogP) is 3.82. The van der Waals surface area contributed by atoms with Crippen molar-refractivity contribution in [1.82, 2.24) is 20.3 Å². The van der Waals surface area contributed by atoms with E-state index in [9.17, 15) is 4.79 Å². The summed E-state index contributed by atoms with van der Waals surface area (Å²) >= 11 is 0. The van der Waals surface area contributed by atoms with E-state index in [-0.39, 0.29) is 5.91 Å². The zero-order valence-corrected chi connectivity index (χ0v) is 15.6. The number of hydrogen-bond donors (Lipinski definition) is 2. The summed E-state index contributed by atoms with van der Waals surface area (Å²) in [5.41, 5.74) is 2.04. The second-order valence-electron chi connectivity index (χ2n) is 6.96. The van der Waals surface area contributed by atoms with Crippen molar-refractivity contribution < 1.29 is 4.79 Å². The highest BCUT2D eigenvalue weighted by atomic mass is 16.1. The van der Waals surface area contributed by atoms with Crippen LogP contribution in [0.15, 0.2) is 60.8 Å². The maximum Gasteiger partial charge on any atom is 0.270 e. The van der Waals surface area contributed by atoms with E-state index in [1.165, 1.54) is 12.8 Å². The number of nitrogens with one attached hydrogen (secondary N) is 2. The fourth-order valence-electron chi connectivity index (χ4n) is 3.40. The minimum absolute atomic E-state index is 0.236. The van der Waals surface area contributed by atoms with E-state index in [0.29, 0.717) is 29.9 Å². The van der Waals surface area contributed by atoms with Gasteiger partial charge in [-0.25, -0.2) is 9.97 Å². The van der Waals surface area contributed by atoms with Crippen LogP contribution in [0.2, 0.25) is 0 Å². The minimum Gasteiger partial charge on any atom is -0.367 e. The third-order valence-electron chi connectivity index (χ3n) is 4.85. The van der Waals surface area contributed by atoms with Crippen LogP contribution in [0.5, 0.6) is 0 Å². The Morgan fingerprint density at radius 1 is 1.00 bits per heavy atom. The first-order valence-corrected chi connectivity index (χ1v) is 9.67. The normalized spacial score (nSPS) is 14.0. The highest BCUT2D eigenvalue weighted by molar-refractivity contribution is 5.93. The molecule has 2 heterocycles. The maximum atomic E-state index is 12.7. The third-order valence-corrected chi connectivity index (χ3v) is 4.85. The van der Waals surface area contributed by atoms with E-state index in [1.54, 1.807) is 12.3 Å². The number of pyridine rings is 1. The van der Waals surface area contributed by atoms with E-state index in [0.717, 1.165) is 24.1 Å². The van der Waals surface area contributed by atoms with E-state index in [2.05, 4.69) is 25.6 Å². The first-order chi connectivity index (χ1) is 13.8. The summed E-state index contributed by atoms with van der Waals surface area (Å²) in [4.78, 5) is 26.1. The summed E-state index contributed by atoms with van der Waals surface area (Å²) in [6.07, 6.45) is 6.43. The van der Waals surface area contributed by atoms with Gasteiger partial charge in [0.05, 0.1) is 12.2 Å². The zero-order valence-electron chi connectivity index (χ0n) is 15.6. The molecular formula is C22H23N5O. The largest absolute Gasteiger partial charge is 0.367 e. The van der Waals surface area contributed by atoms with Gasteiger partial charge in [0.2, 0.25) is 0 Å². The minimum atomic E-state index is -0.236. The molecule has 1 aliphatic rings. The molecule has 4 rings (SSSR count). The van der Waals surface area contributed by atoms with Crippen molar-refractivity contribution in [2.45, 2.75) is 38.3 Å². The monoisotopic (exact) mass is 373 g/mol. The number of aromatic nitrogens is 3. The summed E-state index contributed by atoms with van der Waals surface area (Å²) in [7, 11) is 0. The Bertz CT molecular complexity index is 924. The van der Waals surface area contributed by atoms with E-state index >= 15 is 0 Å². The van der Waals surface area contributed by atoms with Gasteiger partial charge in [-0.3, -0.25) is 9.78 Å². The topological polar surface area (TPSA) is 79.8 Å². The summed E-state index contributed by atoms with van der Waals surface area (Å²) < 4.78 is 0. The van der Waals surface area contributed by atoms with Gasteiger partial charge in [0.15, 0.2) is 5.82 Å². The SMILES string of the molecule is O=C(NCc1ccccn1)c1cc(NC2CCCC2)nc(-c2ccccc2)n1. The van der Waals surface area contributed by atoms with Gasteiger partial charge in [0.1, 0.15) is 11.5 Å². The number of amides is 1. The second kappa shape index (κ2) is 8.61. The number of carbonyl (C=O) groups is 1. The number of rotatable bonds is 6. The number of carbonyl (C=O) groups excluding carboxylic acids is 1. The fraction of sp³-hybridized carbons (Fsp3) is 0.273. The molecule has 2 aromatic heterocycles. The summed E-state index contributed by atoms with van der Waals surface area (Å²) in [6.45, 7) is 0.357. The lowest BCUT2D eigenvalue weighted by Crippen LogP contribution is -2.25. The highest BCUT2D eigenvalue weighted by Crippen LogP contribution is 2.23. The Morgan fingerprint density at radius 2 is 1.79 bits per heavy atom. The van der Waals surface area contributed by atoms with E-state index < -0.39 is 0 Å². The molecule has 0 spiro atoms. The lowest BCUT2D eigenvalue weighted by molar-refractivity contribution is 0.0945. The molecule has 3 aromatic rings. The van der Waals surface area contributed by atoms with Crippen LogP contribution in [0.3, 0.4) is 0 Å². The van der Waals surface area contributed by atoms with Gasteiger partial charge in [-0.05, 0) is 25.0 Å². The molecule has 1 aliphatic carbocycles. The van der Waals surface area contributed by atoms with Crippen LogP contribution in [0, 0.1) is 0 Å². The number of anilines is 1. The third kappa shape index (κ3) is 4.52. The Kier molecular flexibility index (Phi) is 5.56. The lowest BCUT2D eigenvalue weighted by Gasteiger charge is -2.14. The molecule has 1 saturated carbocycles. The van der Waals surface area contributed by atoms with Crippen molar-refractivity contribution in [3.05, 3.63) is 72.2 Å². The van der Waals surface area contributed by atoms with Crippen LogP contribution >= 0.6 is 0 Å².